The largest absolute Gasteiger partial charge is 0.472 e. The molecule has 0 spiro atoms. The highest BCUT2D eigenvalue weighted by Gasteiger charge is 2.30. The van der Waals surface area contributed by atoms with Crippen molar-refractivity contribution in [2.24, 2.45) is 0 Å². The van der Waals surface area contributed by atoms with Crippen LogP contribution in [0.15, 0.2) is 72.9 Å². The summed E-state index contributed by atoms with van der Waals surface area (Å²) in [5.74, 6) is -2.19. The molecule has 0 aromatic heterocycles. The van der Waals surface area contributed by atoms with E-state index in [2.05, 4.69) is 101 Å². The minimum Gasteiger partial charge on any atom is -0.462 e. The normalized spacial score (nSPS) is 14.3. The van der Waals surface area contributed by atoms with E-state index in [-0.39, 0.29) is 25.7 Å². The van der Waals surface area contributed by atoms with E-state index in [1.807, 2.05) is 0 Å². The number of unbranched alkanes of at least 4 members (excludes halogenated alkanes) is 38. The summed E-state index contributed by atoms with van der Waals surface area (Å²) in [7, 11) is -9.95. The molecular weight excluding hydrogens is 1310 g/mol. The molecule has 100 heavy (non-hydrogen) atoms. The van der Waals surface area contributed by atoms with Gasteiger partial charge in [-0.3, -0.25) is 37.3 Å². The molecule has 0 fully saturated rings. The van der Waals surface area contributed by atoms with Gasteiger partial charge < -0.3 is 33.8 Å². The Morgan fingerprint density at radius 1 is 0.280 bits per heavy atom. The van der Waals surface area contributed by atoms with Crippen LogP contribution in [0.3, 0.4) is 0 Å². The maximum absolute atomic E-state index is 13.1. The maximum Gasteiger partial charge on any atom is 0.472 e. The third-order valence-electron chi connectivity index (χ3n) is 17.1. The molecule has 0 saturated carbocycles. The van der Waals surface area contributed by atoms with Gasteiger partial charge in [-0.15, -0.1) is 0 Å². The minimum atomic E-state index is -4.98. The Bertz CT molecular complexity index is 2180. The van der Waals surface area contributed by atoms with Crippen molar-refractivity contribution in [2.45, 2.75) is 380 Å². The van der Waals surface area contributed by atoms with Gasteiger partial charge in [0, 0.05) is 25.7 Å². The number of carbonyl (C=O) groups is 4. The van der Waals surface area contributed by atoms with E-state index in [1.165, 1.54) is 116 Å². The van der Waals surface area contributed by atoms with Gasteiger partial charge in [0.05, 0.1) is 26.4 Å². The molecule has 0 aliphatic rings. The highest BCUT2D eigenvalue weighted by atomic mass is 31.2. The van der Waals surface area contributed by atoms with Crippen LogP contribution < -0.4 is 0 Å². The number of ether oxygens (including phenoxy) is 4. The first-order valence-corrected chi connectivity index (χ1v) is 43.2. The summed E-state index contributed by atoms with van der Waals surface area (Å²) >= 11 is 0. The van der Waals surface area contributed by atoms with Gasteiger partial charge >= 0.3 is 39.5 Å². The molecule has 17 nitrogen and oxygen atoms in total. The first-order valence-electron chi connectivity index (χ1n) is 40.2. The first kappa shape index (κ1) is 96.5. The molecule has 0 rings (SSSR count). The molecule has 3 N–H and O–H groups in total. The summed E-state index contributed by atoms with van der Waals surface area (Å²) in [6.07, 6.45) is 74.4. The van der Waals surface area contributed by atoms with Gasteiger partial charge in [-0.1, -0.05) is 268 Å². The molecule has 0 amide bonds. The Morgan fingerprint density at radius 3 is 0.780 bits per heavy atom. The van der Waals surface area contributed by atoms with Gasteiger partial charge in [-0.25, -0.2) is 9.13 Å². The average Bonchev–Trinajstić information content (AvgIpc) is 1.01. The molecular formula is C81H146O17P2. The number of hydrogen-bond donors (Lipinski definition) is 3. The fourth-order valence-corrected chi connectivity index (χ4v) is 12.5. The highest BCUT2D eigenvalue weighted by Crippen LogP contribution is 2.45. The van der Waals surface area contributed by atoms with Gasteiger partial charge in [0.2, 0.25) is 0 Å². The summed E-state index contributed by atoms with van der Waals surface area (Å²) in [5, 5.41) is 10.6. The average molecular weight is 1450 g/mol. The molecule has 0 saturated heterocycles. The topological polar surface area (TPSA) is 237 Å². The van der Waals surface area contributed by atoms with Crippen LogP contribution in [0.25, 0.3) is 0 Å². The van der Waals surface area contributed by atoms with Crippen LogP contribution in [0, 0.1) is 0 Å². The Morgan fingerprint density at radius 2 is 0.490 bits per heavy atom. The Kier molecular flexibility index (Phi) is 71.2. The second kappa shape index (κ2) is 73.8. The monoisotopic (exact) mass is 1450 g/mol. The summed E-state index contributed by atoms with van der Waals surface area (Å²) < 4.78 is 68.6. The van der Waals surface area contributed by atoms with Gasteiger partial charge in [0.15, 0.2) is 12.2 Å². The Hall–Kier alpha value is -3.50. The number of carbonyl (C=O) groups excluding carboxylic acids is 4. The first-order chi connectivity index (χ1) is 48.7. The lowest BCUT2D eigenvalue weighted by Gasteiger charge is -2.21. The number of hydrogen-bond acceptors (Lipinski definition) is 15. The van der Waals surface area contributed by atoms with Crippen LogP contribution in [0.2, 0.25) is 0 Å². The zero-order chi connectivity index (χ0) is 73.2. The van der Waals surface area contributed by atoms with Crippen molar-refractivity contribution in [3.05, 3.63) is 72.9 Å². The molecule has 0 aliphatic heterocycles. The number of phosphoric acid groups is 2. The van der Waals surface area contributed by atoms with Crippen molar-refractivity contribution < 1.29 is 80.2 Å². The van der Waals surface area contributed by atoms with Crippen molar-refractivity contribution in [3.8, 4) is 0 Å². The van der Waals surface area contributed by atoms with E-state index in [0.717, 1.165) is 167 Å². The molecule has 19 heteroatoms. The number of allylic oxidation sites excluding steroid dienone is 12. The van der Waals surface area contributed by atoms with Crippen molar-refractivity contribution >= 4 is 39.5 Å². The van der Waals surface area contributed by atoms with Crippen molar-refractivity contribution in [1.29, 1.82) is 0 Å². The standard InChI is InChI=1S/C81H146O17P2/c1-5-9-13-17-21-25-29-33-37-41-45-49-53-57-61-65-78(83)91-71-76(97-80(85)67-63-59-55-51-47-43-39-35-31-27-23-19-15-11-7-3)73-95-99(87,88)93-69-75(82)70-94-100(89,90)96-74-77(98-81(86)68-64-60-56-52-48-44-40-36-32-28-24-20-16-12-8-4)72-92-79(84)66-62-58-54-50-46-42-38-34-30-26-22-18-14-10-6-2/h21,23,25-27,30,33,35-37,39-40,75-77,82H,5-20,22,24,28-29,31-32,34,38,41-74H2,1-4H3,(H,87,88)(H,89,90)/b25-21-,27-23-,30-26-,37-33-,39-35-,40-36-/t75?,76-,77-/m1/s1. The van der Waals surface area contributed by atoms with Gasteiger partial charge in [0.1, 0.15) is 19.3 Å². The van der Waals surface area contributed by atoms with Gasteiger partial charge in [-0.2, -0.15) is 0 Å². The SMILES string of the molecule is CCCCC/C=C\C/C=C\CCCCCCCC(=O)OC[C@H](COP(=O)(O)OCC(O)COP(=O)(O)OC[C@@H](COC(=O)CCCCCCCCC/C=C\CCCCCC)OC(=O)CCCCCCC/C=C\CCCCCCCC)OC(=O)CCCCCCC/C=C\C/C=C\CCCCC. The predicted octanol–water partition coefficient (Wildman–Crippen LogP) is 23.2. The molecule has 582 valence electrons. The summed E-state index contributed by atoms with van der Waals surface area (Å²) in [6.45, 7) is 4.82. The van der Waals surface area contributed by atoms with Gasteiger partial charge in [0.25, 0.3) is 0 Å². The van der Waals surface area contributed by atoms with Gasteiger partial charge in [-0.05, 0) is 141 Å². The van der Waals surface area contributed by atoms with Crippen LogP contribution in [-0.4, -0.2) is 96.7 Å². The van der Waals surface area contributed by atoms with E-state index in [4.69, 9.17) is 37.0 Å². The van der Waals surface area contributed by atoms with E-state index < -0.39 is 97.5 Å². The van der Waals surface area contributed by atoms with E-state index in [9.17, 15) is 43.2 Å². The molecule has 5 atom stereocenters. The molecule has 0 heterocycles. The van der Waals surface area contributed by atoms with Crippen molar-refractivity contribution in [2.75, 3.05) is 39.6 Å². The quantitative estimate of drug-likeness (QED) is 0.0169. The van der Waals surface area contributed by atoms with Crippen LogP contribution >= 0.6 is 15.6 Å². The zero-order valence-electron chi connectivity index (χ0n) is 63.6. The van der Waals surface area contributed by atoms with E-state index in [1.54, 1.807) is 0 Å². The molecule has 0 bridgehead atoms. The fraction of sp³-hybridized carbons (Fsp3) is 0.802. The fourth-order valence-electron chi connectivity index (χ4n) is 10.9. The van der Waals surface area contributed by atoms with Crippen LogP contribution in [0.1, 0.15) is 362 Å². The number of aliphatic hydroxyl groups is 1. The number of esters is 4. The third kappa shape index (κ3) is 72.8. The molecule has 0 aromatic carbocycles. The number of rotatable bonds is 76. The van der Waals surface area contributed by atoms with Crippen molar-refractivity contribution in [1.82, 2.24) is 0 Å². The van der Waals surface area contributed by atoms with Crippen LogP contribution in [0.5, 0.6) is 0 Å². The lowest BCUT2D eigenvalue weighted by atomic mass is 10.1. The Labute approximate surface area is 609 Å². The number of phosphoric ester groups is 2. The zero-order valence-corrected chi connectivity index (χ0v) is 65.4. The van der Waals surface area contributed by atoms with E-state index >= 15 is 0 Å². The maximum atomic E-state index is 13.1. The lowest BCUT2D eigenvalue weighted by molar-refractivity contribution is -0.161. The van der Waals surface area contributed by atoms with Crippen molar-refractivity contribution in [3.63, 3.8) is 0 Å². The lowest BCUT2D eigenvalue weighted by Crippen LogP contribution is -2.30. The molecule has 0 aromatic rings. The third-order valence-corrected chi connectivity index (χ3v) is 19.0. The molecule has 3 unspecified atom stereocenters. The molecule has 0 aliphatic carbocycles. The van der Waals surface area contributed by atoms with Crippen LogP contribution in [-0.2, 0) is 65.4 Å². The Balaban J connectivity index is 5.36. The van der Waals surface area contributed by atoms with Crippen LogP contribution in [0.4, 0.5) is 0 Å². The summed E-state index contributed by atoms with van der Waals surface area (Å²) in [4.78, 5) is 73.0. The second-order valence-corrected chi connectivity index (χ2v) is 29.9. The summed E-state index contributed by atoms with van der Waals surface area (Å²) in [6, 6.07) is 0. The van der Waals surface area contributed by atoms with E-state index in [0.29, 0.717) is 25.7 Å². The highest BCUT2D eigenvalue weighted by molar-refractivity contribution is 7.47. The minimum absolute atomic E-state index is 0.0780. The second-order valence-electron chi connectivity index (χ2n) is 27.0. The number of aliphatic hydroxyl groups excluding tert-OH is 1. The smallest absolute Gasteiger partial charge is 0.462 e. The predicted molar refractivity (Wildman–Crippen MR) is 409 cm³/mol. The molecule has 0 radical (unpaired) electrons. The summed E-state index contributed by atoms with van der Waals surface area (Å²) in [5.41, 5.74) is 0.